The number of rotatable bonds is 3. The second kappa shape index (κ2) is 5.23. The van der Waals surface area contributed by atoms with Gasteiger partial charge in [-0.1, -0.05) is 6.07 Å². The van der Waals surface area contributed by atoms with Crippen LogP contribution in [0.25, 0.3) is 0 Å². The first-order valence-corrected chi connectivity index (χ1v) is 6.00. The van der Waals surface area contributed by atoms with Crippen LogP contribution in [-0.2, 0) is 4.74 Å². The van der Waals surface area contributed by atoms with E-state index in [0.717, 1.165) is 18.6 Å². The molecule has 0 bridgehead atoms. The lowest BCUT2D eigenvalue weighted by Crippen LogP contribution is -2.33. The van der Waals surface area contributed by atoms with Crippen LogP contribution in [0.5, 0.6) is 0 Å². The average molecular weight is 289 g/mol. The van der Waals surface area contributed by atoms with Gasteiger partial charge in [0, 0.05) is 12.5 Å². The molecule has 0 amide bonds. The van der Waals surface area contributed by atoms with Crippen molar-refractivity contribution >= 4 is 15.9 Å². The maximum absolute atomic E-state index is 13.4. The molecule has 0 radical (unpaired) electrons. The molecule has 2 unspecified atom stereocenters. The van der Waals surface area contributed by atoms with Crippen LogP contribution >= 0.6 is 15.9 Å². The van der Waals surface area contributed by atoms with Gasteiger partial charge in [0.05, 0.1) is 17.1 Å². The van der Waals surface area contributed by atoms with Gasteiger partial charge in [-0.15, -0.1) is 0 Å². The lowest BCUT2D eigenvalue weighted by atomic mass is 9.93. The summed E-state index contributed by atoms with van der Waals surface area (Å²) in [7, 11) is 0. The van der Waals surface area contributed by atoms with E-state index in [1.807, 2.05) is 6.07 Å². The minimum absolute atomic E-state index is 0.0508. The van der Waals surface area contributed by atoms with E-state index in [0.29, 0.717) is 17.0 Å². The van der Waals surface area contributed by atoms with Crippen molar-refractivity contribution in [3.63, 3.8) is 0 Å². The van der Waals surface area contributed by atoms with E-state index in [4.69, 9.17) is 10.6 Å². The Balaban J connectivity index is 2.22. The summed E-state index contributed by atoms with van der Waals surface area (Å²) in [5.41, 5.74) is 3.60. The predicted octanol–water partition coefficient (Wildman–Crippen LogP) is 2.13. The van der Waals surface area contributed by atoms with Gasteiger partial charge in [-0.3, -0.25) is 11.3 Å². The Kier molecular flexibility index (Phi) is 3.91. The summed E-state index contributed by atoms with van der Waals surface area (Å²) < 4.78 is 19.2. The average Bonchev–Trinajstić information content (AvgIpc) is 2.78. The molecule has 1 aromatic rings. The van der Waals surface area contributed by atoms with Crippen LogP contribution in [0.4, 0.5) is 4.39 Å². The molecule has 1 aliphatic heterocycles. The van der Waals surface area contributed by atoms with Crippen LogP contribution in [0, 0.1) is 11.7 Å². The van der Waals surface area contributed by atoms with Crippen LogP contribution in [0.2, 0.25) is 0 Å². The summed E-state index contributed by atoms with van der Waals surface area (Å²) in [6.45, 7) is 1.43. The third-order valence-electron chi connectivity index (χ3n) is 2.92. The second-order valence-corrected chi connectivity index (χ2v) is 4.80. The number of halogens is 2. The van der Waals surface area contributed by atoms with Gasteiger partial charge in [-0.2, -0.15) is 0 Å². The van der Waals surface area contributed by atoms with Crippen LogP contribution in [0.1, 0.15) is 18.0 Å². The van der Waals surface area contributed by atoms with Gasteiger partial charge in [0.1, 0.15) is 5.82 Å². The Hall–Kier alpha value is -0.490. The van der Waals surface area contributed by atoms with Crippen molar-refractivity contribution in [1.29, 1.82) is 0 Å². The molecule has 2 rings (SSSR count). The maximum atomic E-state index is 13.4. The zero-order chi connectivity index (χ0) is 11.5. The minimum Gasteiger partial charge on any atom is -0.381 e. The molecule has 16 heavy (non-hydrogen) atoms. The highest BCUT2D eigenvalue weighted by Crippen LogP contribution is 2.29. The van der Waals surface area contributed by atoms with E-state index >= 15 is 0 Å². The zero-order valence-electron chi connectivity index (χ0n) is 8.75. The molecule has 3 N–H and O–H groups in total. The summed E-state index contributed by atoms with van der Waals surface area (Å²) in [6.07, 6.45) is 0.951. The van der Waals surface area contributed by atoms with E-state index in [1.165, 1.54) is 6.07 Å². The molecule has 0 saturated carbocycles. The van der Waals surface area contributed by atoms with Gasteiger partial charge in [0.25, 0.3) is 0 Å². The summed E-state index contributed by atoms with van der Waals surface area (Å²) in [4.78, 5) is 0. The molecule has 2 atom stereocenters. The van der Waals surface area contributed by atoms with E-state index in [-0.39, 0.29) is 11.9 Å². The molecule has 0 spiro atoms. The zero-order valence-corrected chi connectivity index (χ0v) is 10.3. The first-order valence-electron chi connectivity index (χ1n) is 5.21. The number of hydrazine groups is 1. The summed E-state index contributed by atoms with van der Waals surface area (Å²) in [5.74, 6) is 5.58. The van der Waals surface area contributed by atoms with Crippen molar-refractivity contribution in [1.82, 2.24) is 5.43 Å². The topological polar surface area (TPSA) is 47.3 Å². The largest absolute Gasteiger partial charge is 0.381 e. The predicted molar refractivity (Wildman–Crippen MR) is 63.1 cm³/mol. The lowest BCUT2D eigenvalue weighted by Gasteiger charge is -2.22. The van der Waals surface area contributed by atoms with Crippen LogP contribution in [-0.4, -0.2) is 13.2 Å². The van der Waals surface area contributed by atoms with E-state index in [2.05, 4.69) is 21.4 Å². The van der Waals surface area contributed by atoms with Crippen molar-refractivity contribution < 1.29 is 9.13 Å². The smallest absolute Gasteiger partial charge is 0.137 e. The number of hydrogen-bond acceptors (Lipinski definition) is 3. The Labute approximate surface area is 102 Å². The van der Waals surface area contributed by atoms with E-state index < -0.39 is 0 Å². The second-order valence-electron chi connectivity index (χ2n) is 3.94. The van der Waals surface area contributed by atoms with Crippen molar-refractivity contribution in [2.45, 2.75) is 12.5 Å². The fourth-order valence-corrected chi connectivity index (χ4v) is 2.27. The molecule has 1 saturated heterocycles. The van der Waals surface area contributed by atoms with Gasteiger partial charge in [0.2, 0.25) is 0 Å². The van der Waals surface area contributed by atoms with E-state index in [9.17, 15) is 4.39 Å². The summed E-state index contributed by atoms with van der Waals surface area (Å²) in [5, 5.41) is 0. The monoisotopic (exact) mass is 288 g/mol. The maximum Gasteiger partial charge on any atom is 0.137 e. The third-order valence-corrected chi connectivity index (χ3v) is 3.56. The van der Waals surface area contributed by atoms with Crippen molar-refractivity contribution in [2.24, 2.45) is 11.8 Å². The Morgan fingerprint density at radius 1 is 1.56 bits per heavy atom. The standard InChI is InChI=1S/C11H14BrFN2O/c12-9-2-1-7(5-10(9)13)11(15-14)8-3-4-16-6-8/h1-2,5,8,11,15H,3-4,6,14H2. The fraction of sp³-hybridized carbons (Fsp3) is 0.455. The highest BCUT2D eigenvalue weighted by atomic mass is 79.9. The van der Waals surface area contributed by atoms with Crippen LogP contribution in [0.3, 0.4) is 0 Å². The summed E-state index contributed by atoms with van der Waals surface area (Å²) in [6, 6.07) is 5.03. The van der Waals surface area contributed by atoms with Crippen molar-refractivity contribution in [2.75, 3.05) is 13.2 Å². The highest BCUT2D eigenvalue weighted by Gasteiger charge is 2.26. The molecule has 1 aromatic carbocycles. The number of nitrogens with two attached hydrogens (primary N) is 1. The van der Waals surface area contributed by atoms with Gasteiger partial charge < -0.3 is 4.74 Å². The first kappa shape index (κ1) is 12.0. The van der Waals surface area contributed by atoms with E-state index in [1.54, 1.807) is 6.07 Å². The highest BCUT2D eigenvalue weighted by molar-refractivity contribution is 9.10. The molecule has 5 heteroatoms. The Morgan fingerprint density at radius 3 is 2.94 bits per heavy atom. The molecule has 0 aliphatic carbocycles. The molecule has 1 fully saturated rings. The molecule has 1 aliphatic rings. The Morgan fingerprint density at radius 2 is 2.38 bits per heavy atom. The number of ether oxygens (including phenoxy) is 1. The third kappa shape index (κ3) is 2.43. The lowest BCUT2D eigenvalue weighted by molar-refractivity contribution is 0.176. The molecular formula is C11H14BrFN2O. The number of benzene rings is 1. The molecule has 3 nitrogen and oxygen atoms in total. The Bertz CT molecular complexity index is 369. The van der Waals surface area contributed by atoms with Gasteiger partial charge in [-0.25, -0.2) is 4.39 Å². The fourth-order valence-electron chi connectivity index (χ4n) is 2.03. The van der Waals surface area contributed by atoms with Gasteiger partial charge in [0.15, 0.2) is 0 Å². The van der Waals surface area contributed by atoms with Gasteiger partial charge >= 0.3 is 0 Å². The van der Waals surface area contributed by atoms with Crippen molar-refractivity contribution in [3.05, 3.63) is 34.1 Å². The minimum atomic E-state index is -0.267. The molecule has 0 aromatic heterocycles. The first-order chi connectivity index (χ1) is 7.72. The normalized spacial score (nSPS) is 22.3. The SMILES string of the molecule is NNC(c1ccc(Br)c(F)c1)C1CCOC1. The van der Waals surface area contributed by atoms with Crippen LogP contribution < -0.4 is 11.3 Å². The van der Waals surface area contributed by atoms with Crippen LogP contribution in [0.15, 0.2) is 22.7 Å². The van der Waals surface area contributed by atoms with Gasteiger partial charge in [-0.05, 0) is 40.0 Å². The molecule has 88 valence electrons. The molecule has 1 heterocycles. The number of hydrogen-bond donors (Lipinski definition) is 2. The number of nitrogens with one attached hydrogen (secondary N) is 1. The molecular weight excluding hydrogens is 275 g/mol. The summed E-state index contributed by atoms with van der Waals surface area (Å²) >= 11 is 3.13. The van der Waals surface area contributed by atoms with Crippen molar-refractivity contribution in [3.8, 4) is 0 Å². The quantitative estimate of drug-likeness (QED) is 0.662.